The predicted octanol–water partition coefficient (Wildman–Crippen LogP) is 2.29. The van der Waals surface area contributed by atoms with Crippen molar-refractivity contribution in [1.29, 1.82) is 0 Å². The van der Waals surface area contributed by atoms with Crippen LogP contribution in [0.5, 0.6) is 0 Å². The van der Waals surface area contributed by atoms with Crippen molar-refractivity contribution in [3.63, 3.8) is 0 Å². The molecule has 2 nitrogen and oxygen atoms in total. The highest BCUT2D eigenvalue weighted by atomic mass is 16.2. The van der Waals surface area contributed by atoms with E-state index in [0.717, 1.165) is 19.5 Å². The summed E-state index contributed by atoms with van der Waals surface area (Å²) in [5.74, 6) is 1.43. The second kappa shape index (κ2) is 3.25. The second-order valence-electron chi connectivity index (χ2n) is 5.54. The van der Waals surface area contributed by atoms with E-state index in [1.165, 1.54) is 12.8 Å². The van der Waals surface area contributed by atoms with Crippen molar-refractivity contribution >= 4 is 5.91 Å². The van der Waals surface area contributed by atoms with Crippen molar-refractivity contribution in [3.05, 3.63) is 0 Å². The van der Waals surface area contributed by atoms with Crippen LogP contribution in [0, 0.1) is 17.3 Å². The van der Waals surface area contributed by atoms with E-state index in [9.17, 15) is 4.79 Å². The minimum absolute atomic E-state index is 0.236. The molecule has 0 aromatic carbocycles. The van der Waals surface area contributed by atoms with Gasteiger partial charge in [0.15, 0.2) is 0 Å². The van der Waals surface area contributed by atoms with Gasteiger partial charge in [-0.1, -0.05) is 20.8 Å². The molecular weight excluding hydrogens is 174 g/mol. The fraction of sp³-hybridized carbons (Fsp3) is 0.917. The molecule has 0 radical (unpaired) electrons. The second-order valence-corrected chi connectivity index (χ2v) is 5.54. The first-order chi connectivity index (χ1) is 6.53. The molecule has 80 valence electrons. The Balaban J connectivity index is 1.99. The molecule has 0 spiro atoms. The molecule has 1 saturated carbocycles. The standard InChI is InChI=1S/C12H21NO/c1-9-8-10(12(9,2)3)11(14)13-6-4-5-7-13/h9-10H,4-8H2,1-3H3/t9-,10-/m1/s1. The maximum Gasteiger partial charge on any atom is 0.226 e. The number of carbonyl (C=O) groups excluding carboxylic acids is 1. The number of hydrogen-bond acceptors (Lipinski definition) is 1. The molecule has 2 atom stereocenters. The van der Waals surface area contributed by atoms with Gasteiger partial charge in [-0.15, -0.1) is 0 Å². The summed E-state index contributed by atoms with van der Waals surface area (Å²) in [6, 6.07) is 0. The molecule has 1 aliphatic heterocycles. The van der Waals surface area contributed by atoms with Crippen LogP contribution < -0.4 is 0 Å². The summed E-state index contributed by atoms with van der Waals surface area (Å²) < 4.78 is 0. The molecule has 0 bridgehead atoms. The first-order valence-corrected chi connectivity index (χ1v) is 5.82. The average molecular weight is 195 g/mol. The summed E-state index contributed by atoms with van der Waals surface area (Å²) in [5, 5.41) is 0. The molecule has 2 rings (SSSR count). The van der Waals surface area contributed by atoms with Crippen LogP contribution in [-0.4, -0.2) is 23.9 Å². The highest BCUT2D eigenvalue weighted by molar-refractivity contribution is 5.81. The Morgan fingerprint density at radius 2 is 1.86 bits per heavy atom. The molecule has 1 aliphatic carbocycles. The first-order valence-electron chi connectivity index (χ1n) is 5.82. The van der Waals surface area contributed by atoms with Gasteiger partial charge in [0.25, 0.3) is 0 Å². The molecule has 2 heteroatoms. The fourth-order valence-corrected chi connectivity index (χ4v) is 2.72. The number of hydrogen-bond donors (Lipinski definition) is 0. The summed E-state index contributed by atoms with van der Waals surface area (Å²) in [6.45, 7) is 8.73. The van der Waals surface area contributed by atoms with Crippen LogP contribution in [-0.2, 0) is 4.79 Å². The van der Waals surface area contributed by atoms with Gasteiger partial charge in [0.05, 0.1) is 0 Å². The van der Waals surface area contributed by atoms with E-state index in [-0.39, 0.29) is 5.41 Å². The van der Waals surface area contributed by atoms with E-state index in [1.807, 2.05) is 0 Å². The lowest BCUT2D eigenvalue weighted by molar-refractivity contribution is -0.149. The Bertz CT molecular complexity index is 241. The van der Waals surface area contributed by atoms with E-state index in [1.54, 1.807) is 0 Å². The van der Waals surface area contributed by atoms with Gasteiger partial charge in [-0.2, -0.15) is 0 Å². The molecule has 0 aromatic rings. The minimum Gasteiger partial charge on any atom is -0.342 e. The van der Waals surface area contributed by atoms with E-state index < -0.39 is 0 Å². The minimum atomic E-state index is 0.236. The molecule has 0 unspecified atom stereocenters. The number of amides is 1. The lowest BCUT2D eigenvalue weighted by Gasteiger charge is -2.50. The van der Waals surface area contributed by atoms with Crippen molar-refractivity contribution in [2.75, 3.05) is 13.1 Å². The summed E-state index contributed by atoms with van der Waals surface area (Å²) in [5.41, 5.74) is 0.236. The molecule has 1 heterocycles. The summed E-state index contributed by atoms with van der Waals surface area (Å²) in [4.78, 5) is 14.2. The molecule has 1 saturated heterocycles. The van der Waals surface area contributed by atoms with E-state index in [2.05, 4.69) is 25.7 Å². The zero-order valence-corrected chi connectivity index (χ0v) is 9.55. The SMILES string of the molecule is C[C@@H]1C[C@H](C(=O)N2CCCC2)C1(C)C. The van der Waals surface area contributed by atoms with Gasteiger partial charge in [0.1, 0.15) is 0 Å². The molecule has 1 amide bonds. The molecule has 2 fully saturated rings. The predicted molar refractivity (Wildman–Crippen MR) is 56.9 cm³/mol. The van der Waals surface area contributed by atoms with Gasteiger partial charge in [0.2, 0.25) is 5.91 Å². The third kappa shape index (κ3) is 1.35. The lowest BCUT2D eigenvalue weighted by Crippen LogP contribution is -2.51. The van der Waals surface area contributed by atoms with Crippen molar-refractivity contribution < 1.29 is 4.79 Å². The Morgan fingerprint density at radius 1 is 1.29 bits per heavy atom. The number of rotatable bonds is 1. The monoisotopic (exact) mass is 195 g/mol. The summed E-state index contributed by atoms with van der Waals surface area (Å²) in [6.07, 6.45) is 3.51. The van der Waals surface area contributed by atoms with Gasteiger partial charge >= 0.3 is 0 Å². The Labute approximate surface area is 86.7 Å². The number of nitrogens with zero attached hydrogens (tertiary/aromatic N) is 1. The highest BCUT2D eigenvalue weighted by Gasteiger charge is 2.50. The maximum absolute atomic E-state index is 12.1. The molecular formula is C12H21NO. The Kier molecular flexibility index (Phi) is 2.32. The molecule has 0 aromatic heterocycles. The van der Waals surface area contributed by atoms with Gasteiger partial charge in [-0.25, -0.2) is 0 Å². The van der Waals surface area contributed by atoms with E-state index in [0.29, 0.717) is 17.7 Å². The zero-order chi connectivity index (χ0) is 10.3. The van der Waals surface area contributed by atoms with Crippen LogP contribution in [0.15, 0.2) is 0 Å². The smallest absolute Gasteiger partial charge is 0.226 e. The molecule has 2 aliphatic rings. The van der Waals surface area contributed by atoms with Crippen LogP contribution in [0.4, 0.5) is 0 Å². The van der Waals surface area contributed by atoms with Crippen LogP contribution in [0.2, 0.25) is 0 Å². The van der Waals surface area contributed by atoms with E-state index >= 15 is 0 Å². The Morgan fingerprint density at radius 3 is 2.29 bits per heavy atom. The van der Waals surface area contributed by atoms with Crippen LogP contribution in [0.1, 0.15) is 40.0 Å². The number of likely N-dealkylation sites (tertiary alicyclic amines) is 1. The Hall–Kier alpha value is -0.530. The third-order valence-electron chi connectivity index (χ3n) is 4.47. The van der Waals surface area contributed by atoms with Crippen LogP contribution in [0.3, 0.4) is 0 Å². The van der Waals surface area contributed by atoms with Crippen LogP contribution in [0.25, 0.3) is 0 Å². The van der Waals surface area contributed by atoms with Gasteiger partial charge < -0.3 is 4.90 Å². The van der Waals surface area contributed by atoms with Gasteiger partial charge in [-0.3, -0.25) is 4.79 Å². The number of carbonyl (C=O) groups is 1. The van der Waals surface area contributed by atoms with Crippen molar-refractivity contribution in [3.8, 4) is 0 Å². The zero-order valence-electron chi connectivity index (χ0n) is 9.55. The summed E-state index contributed by atoms with van der Waals surface area (Å²) >= 11 is 0. The maximum atomic E-state index is 12.1. The van der Waals surface area contributed by atoms with Crippen molar-refractivity contribution in [1.82, 2.24) is 4.90 Å². The highest BCUT2D eigenvalue weighted by Crippen LogP contribution is 2.51. The normalized spacial score (nSPS) is 35.5. The topological polar surface area (TPSA) is 20.3 Å². The third-order valence-corrected chi connectivity index (χ3v) is 4.47. The lowest BCUT2D eigenvalue weighted by atomic mass is 9.55. The van der Waals surface area contributed by atoms with E-state index in [4.69, 9.17) is 0 Å². The molecule has 14 heavy (non-hydrogen) atoms. The average Bonchev–Trinajstić information content (AvgIpc) is 2.65. The van der Waals surface area contributed by atoms with Crippen LogP contribution >= 0.6 is 0 Å². The quantitative estimate of drug-likeness (QED) is 0.628. The van der Waals surface area contributed by atoms with Crippen molar-refractivity contribution in [2.24, 2.45) is 17.3 Å². The fourth-order valence-electron chi connectivity index (χ4n) is 2.72. The largest absolute Gasteiger partial charge is 0.342 e. The summed E-state index contributed by atoms with van der Waals surface area (Å²) in [7, 11) is 0. The van der Waals surface area contributed by atoms with Crippen molar-refractivity contribution in [2.45, 2.75) is 40.0 Å². The van der Waals surface area contributed by atoms with Gasteiger partial charge in [-0.05, 0) is 30.6 Å². The molecule has 0 N–H and O–H groups in total. The van der Waals surface area contributed by atoms with Gasteiger partial charge in [0, 0.05) is 19.0 Å². The first kappa shape index (κ1) is 10.0.